The maximum absolute atomic E-state index is 13.5. The molecule has 2 aromatic rings. The summed E-state index contributed by atoms with van der Waals surface area (Å²) in [4.78, 5) is 24.0. The van der Waals surface area contributed by atoms with E-state index in [9.17, 15) is 14.3 Å². The number of nitrogens with two attached hydrogens (primary N) is 1. The summed E-state index contributed by atoms with van der Waals surface area (Å²) in [5.74, 6) is -0.0450. The van der Waals surface area contributed by atoms with Crippen molar-refractivity contribution in [3.63, 3.8) is 0 Å². The van der Waals surface area contributed by atoms with Gasteiger partial charge in [0.1, 0.15) is 12.4 Å². The molecule has 3 rings (SSSR count). The second-order valence-corrected chi connectivity index (χ2v) is 7.09. The van der Waals surface area contributed by atoms with Gasteiger partial charge >= 0.3 is 6.09 Å². The van der Waals surface area contributed by atoms with E-state index < -0.39 is 18.2 Å². The summed E-state index contributed by atoms with van der Waals surface area (Å²) < 4.78 is 18.3. The minimum Gasteiger partial charge on any atom is -0.447 e. The average molecular weight is 416 g/mol. The maximum Gasteiger partial charge on any atom is 0.407 e. The van der Waals surface area contributed by atoms with E-state index in [2.05, 4.69) is 25.6 Å². The number of carbonyl (C=O) groups excluding carboxylic acids is 1. The first kappa shape index (κ1) is 21.4. The molecule has 0 saturated carbocycles. The highest BCUT2D eigenvalue weighted by Crippen LogP contribution is 2.23. The monoisotopic (exact) mass is 416 g/mol. The van der Waals surface area contributed by atoms with Crippen molar-refractivity contribution in [2.75, 3.05) is 13.7 Å². The number of aliphatic hydroxyl groups is 1. The molecule has 1 aromatic heterocycles. The smallest absolute Gasteiger partial charge is 0.407 e. The van der Waals surface area contributed by atoms with E-state index in [4.69, 9.17) is 10.5 Å². The molecule has 10 heteroatoms. The highest BCUT2D eigenvalue weighted by atomic mass is 19.1. The molecule has 1 amide bonds. The van der Waals surface area contributed by atoms with Crippen molar-refractivity contribution in [2.45, 2.75) is 38.0 Å². The Morgan fingerprint density at radius 3 is 2.83 bits per heavy atom. The van der Waals surface area contributed by atoms with Crippen molar-refractivity contribution in [2.24, 2.45) is 10.7 Å². The molecule has 9 nitrogen and oxygen atoms in total. The predicted molar refractivity (Wildman–Crippen MR) is 109 cm³/mol. The molecule has 30 heavy (non-hydrogen) atoms. The Morgan fingerprint density at radius 1 is 1.43 bits per heavy atom. The van der Waals surface area contributed by atoms with Crippen LogP contribution in [0.5, 0.6) is 0 Å². The van der Waals surface area contributed by atoms with Gasteiger partial charge in [0.25, 0.3) is 0 Å². The molecular formula is C20H25FN6O3. The fourth-order valence-corrected chi connectivity index (χ4v) is 3.15. The molecular weight excluding hydrogens is 391 g/mol. The Bertz CT molecular complexity index is 921. The van der Waals surface area contributed by atoms with Crippen LogP contribution in [0.4, 0.5) is 9.18 Å². The first-order valence-electron chi connectivity index (χ1n) is 9.56. The summed E-state index contributed by atoms with van der Waals surface area (Å²) in [6.07, 6.45) is 2.74. The third-order valence-electron chi connectivity index (χ3n) is 4.96. The number of aliphatic hydroxyl groups excluding tert-OH is 1. The lowest BCUT2D eigenvalue weighted by Gasteiger charge is -2.22. The molecule has 0 aliphatic carbocycles. The Kier molecular flexibility index (Phi) is 6.78. The van der Waals surface area contributed by atoms with Crippen molar-refractivity contribution in [1.29, 1.82) is 0 Å². The third kappa shape index (κ3) is 5.20. The standard InChI is InChI=1S/C20H25FN6O3/c1-11-7-12(3-4-13(11)21)15-8-25-16(9-24-15)14(26-19(22)23-2)5-6-18(28)17-10-30-20(29)27-17/h3-4,7-9,14,17-18,28H,5-6,10H2,1-2H3,(H,27,29)(H3,22,23,26)/t14-,17-,18-/m1/s1. The third-order valence-corrected chi connectivity index (χ3v) is 4.96. The Hall–Kier alpha value is -3.27. The van der Waals surface area contributed by atoms with Crippen LogP contribution in [0.2, 0.25) is 0 Å². The SMILES string of the molecule is CN=C(N)N[C@H](CC[C@@H](O)[C@H]1COC(=O)N1)c1cnc(-c2ccc(F)c(C)c2)cn1. The molecule has 1 aliphatic rings. The van der Waals surface area contributed by atoms with Crippen molar-refractivity contribution < 1.29 is 19.0 Å². The zero-order valence-electron chi connectivity index (χ0n) is 16.8. The van der Waals surface area contributed by atoms with E-state index in [1.54, 1.807) is 38.5 Å². The van der Waals surface area contributed by atoms with Crippen LogP contribution in [0, 0.1) is 12.7 Å². The van der Waals surface area contributed by atoms with Gasteiger partial charge in [-0.2, -0.15) is 0 Å². The Balaban J connectivity index is 1.72. The lowest BCUT2D eigenvalue weighted by Crippen LogP contribution is -2.40. The zero-order chi connectivity index (χ0) is 21.7. The Morgan fingerprint density at radius 2 is 2.23 bits per heavy atom. The number of nitrogens with one attached hydrogen (secondary N) is 2. The van der Waals surface area contributed by atoms with E-state index in [1.807, 2.05) is 0 Å². The average Bonchev–Trinajstić information content (AvgIpc) is 3.19. The second kappa shape index (κ2) is 9.49. The van der Waals surface area contributed by atoms with Crippen LogP contribution in [0.3, 0.4) is 0 Å². The normalized spacial score (nSPS) is 18.5. The van der Waals surface area contributed by atoms with Crippen molar-refractivity contribution in [1.82, 2.24) is 20.6 Å². The van der Waals surface area contributed by atoms with Gasteiger partial charge in [0.15, 0.2) is 5.96 Å². The minimum atomic E-state index is -0.782. The summed E-state index contributed by atoms with van der Waals surface area (Å²) in [5, 5.41) is 16.0. The molecule has 1 saturated heterocycles. The van der Waals surface area contributed by atoms with Gasteiger partial charge in [-0.15, -0.1) is 0 Å². The molecule has 2 heterocycles. The van der Waals surface area contributed by atoms with E-state index in [-0.39, 0.29) is 24.4 Å². The topological polar surface area (TPSA) is 135 Å². The van der Waals surface area contributed by atoms with E-state index in [1.165, 1.54) is 6.07 Å². The van der Waals surface area contributed by atoms with E-state index in [0.29, 0.717) is 29.8 Å². The number of hydrogen-bond acceptors (Lipinski definition) is 6. The number of ether oxygens (including phenoxy) is 1. The number of amides is 1. The van der Waals surface area contributed by atoms with E-state index in [0.717, 1.165) is 5.56 Å². The fourth-order valence-electron chi connectivity index (χ4n) is 3.15. The van der Waals surface area contributed by atoms with Crippen LogP contribution < -0.4 is 16.4 Å². The number of guanidine groups is 1. The fraction of sp³-hybridized carbons (Fsp3) is 0.400. The lowest BCUT2D eigenvalue weighted by molar-refractivity contribution is 0.112. The van der Waals surface area contributed by atoms with Gasteiger partial charge in [-0.1, -0.05) is 0 Å². The Labute approximate surface area is 173 Å². The van der Waals surface area contributed by atoms with Crippen LogP contribution in [-0.2, 0) is 4.74 Å². The van der Waals surface area contributed by atoms with Crippen LogP contribution in [0.15, 0.2) is 35.6 Å². The van der Waals surface area contributed by atoms with Gasteiger partial charge in [0.05, 0.1) is 42.0 Å². The van der Waals surface area contributed by atoms with Crippen LogP contribution in [-0.4, -0.2) is 52.9 Å². The number of alkyl carbamates (subject to hydrolysis) is 1. The first-order valence-corrected chi connectivity index (χ1v) is 9.56. The number of benzene rings is 1. The summed E-state index contributed by atoms with van der Waals surface area (Å²) in [6, 6.07) is 3.96. The van der Waals surface area contributed by atoms with Crippen LogP contribution >= 0.6 is 0 Å². The molecule has 0 radical (unpaired) electrons. The first-order chi connectivity index (χ1) is 14.4. The highest BCUT2D eigenvalue weighted by Gasteiger charge is 2.29. The molecule has 1 fully saturated rings. The summed E-state index contributed by atoms with van der Waals surface area (Å²) >= 11 is 0. The van der Waals surface area contributed by atoms with Gasteiger partial charge in [0, 0.05) is 12.6 Å². The highest BCUT2D eigenvalue weighted by molar-refractivity contribution is 5.78. The molecule has 1 aliphatic heterocycles. The van der Waals surface area contributed by atoms with Crippen molar-refractivity contribution in [3.8, 4) is 11.3 Å². The van der Waals surface area contributed by atoms with Crippen molar-refractivity contribution in [3.05, 3.63) is 47.7 Å². The number of carbonyl (C=O) groups is 1. The van der Waals surface area contributed by atoms with Gasteiger partial charge in [-0.05, 0) is 43.5 Å². The number of aliphatic imine (C=N–C) groups is 1. The lowest BCUT2D eigenvalue weighted by atomic mass is 10.0. The molecule has 0 spiro atoms. The summed E-state index contributed by atoms with van der Waals surface area (Å²) in [7, 11) is 1.56. The molecule has 5 N–H and O–H groups in total. The number of cyclic esters (lactones) is 1. The van der Waals surface area contributed by atoms with E-state index >= 15 is 0 Å². The quantitative estimate of drug-likeness (QED) is 0.396. The molecule has 3 atom stereocenters. The number of rotatable bonds is 7. The maximum atomic E-state index is 13.5. The molecule has 0 unspecified atom stereocenters. The van der Waals surface area contributed by atoms with Gasteiger partial charge < -0.3 is 26.2 Å². The number of hydrogen-bond donors (Lipinski definition) is 4. The zero-order valence-corrected chi connectivity index (χ0v) is 16.8. The number of nitrogens with zero attached hydrogens (tertiary/aromatic N) is 3. The molecule has 0 bridgehead atoms. The van der Waals surface area contributed by atoms with Crippen LogP contribution in [0.1, 0.15) is 30.1 Å². The van der Waals surface area contributed by atoms with Gasteiger partial charge in [-0.3, -0.25) is 15.0 Å². The second-order valence-electron chi connectivity index (χ2n) is 7.09. The number of halogens is 1. The van der Waals surface area contributed by atoms with Gasteiger partial charge in [0.2, 0.25) is 0 Å². The van der Waals surface area contributed by atoms with Crippen molar-refractivity contribution >= 4 is 12.1 Å². The summed E-state index contributed by atoms with van der Waals surface area (Å²) in [6.45, 7) is 1.82. The number of aryl methyl sites for hydroxylation is 1. The molecule has 160 valence electrons. The molecule has 1 aromatic carbocycles. The van der Waals surface area contributed by atoms with Gasteiger partial charge in [-0.25, -0.2) is 9.18 Å². The predicted octanol–water partition coefficient (Wildman–Crippen LogP) is 1.42. The summed E-state index contributed by atoms with van der Waals surface area (Å²) in [5.41, 5.74) is 8.35. The minimum absolute atomic E-state index is 0.127. The van der Waals surface area contributed by atoms with Crippen LogP contribution in [0.25, 0.3) is 11.3 Å². The largest absolute Gasteiger partial charge is 0.447 e. The number of aromatic nitrogens is 2.